The Kier molecular flexibility index (Phi) is 4.71. The Labute approximate surface area is 97.8 Å². The highest BCUT2D eigenvalue weighted by Gasteiger charge is 2.12. The first-order chi connectivity index (χ1) is 7.54. The Morgan fingerprint density at radius 1 is 1.62 bits per heavy atom. The van der Waals surface area contributed by atoms with Crippen molar-refractivity contribution in [2.24, 2.45) is 0 Å². The number of carbonyl (C=O) groups is 1. The molecule has 5 heteroatoms. The quantitative estimate of drug-likeness (QED) is 0.831. The summed E-state index contributed by atoms with van der Waals surface area (Å²) in [6.07, 6.45) is -0.624. The van der Waals surface area contributed by atoms with Gasteiger partial charge in [0.25, 0.3) is 0 Å². The van der Waals surface area contributed by atoms with Crippen LogP contribution < -0.4 is 0 Å². The van der Waals surface area contributed by atoms with Gasteiger partial charge in [-0.3, -0.25) is 4.79 Å². The van der Waals surface area contributed by atoms with Crippen LogP contribution in [-0.2, 0) is 9.53 Å². The van der Waals surface area contributed by atoms with Gasteiger partial charge in [-0.25, -0.2) is 4.39 Å². The van der Waals surface area contributed by atoms with Crippen molar-refractivity contribution in [1.82, 2.24) is 0 Å². The van der Waals surface area contributed by atoms with Gasteiger partial charge in [0.15, 0.2) is 0 Å². The van der Waals surface area contributed by atoms with E-state index >= 15 is 0 Å². The van der Waals surface area contributed by atoms with Crippen LogP contribution in [0.5, 0.6) is 0 Å². The molecule has 1 aromatic carbocycles. The monoisotopic (exact) mass is 246 g/mol. The smallest absolute Gasteiger partial charge is 0.305 e. The van der Waals surface area contributed by atoms with Crippen LogP contribution >= 0.6 is 11.6 Å². The molecule has 0 aliphatic carbocycles. The number of halogens is 2. The summed E-state index contributed by atoms with van der Waals surface area (Å²) in [7, 11) is 1.27. The van der Waals surface area contributed by atoms with Gasteiger partial charge >= 0.3 is 5.97 Å². The van der Waals surface area contributed by atoms with Crippen molar-refractivity contribution in [2.45, 2.75) is 18.9 Å². The normalized spacial score (nSPS) is 12.2. The highest BCUT2D eigenvalue weighted by atomic mass is 35.5. The number of methoxy groups -OCH3 is 1. The van der Waals surface area contributed by atoms with Crippen LogP contribution in [-0.4, -0.2) is 18.2 Å². The molecule has 0 aliphatic rings. The van der Waals surface area contributed by atoms with Gasteiger partial charge in [-0.15, -0.1) is 0 Å². The van der Waals surface area contributed by atoms with Crippen molar-refractivity contribution in [3.05, 3.63) is 34.6 Å². The Balaban J connectivity index is 2.62. The van der Waals surface area contributed by atoms with Crippen LogP contribution in [0.25, 0.3) is 0 Å². The summed E-state index contributed by atoms with van der Waals surface area (Å²) in [5.74, 6) is -0.996. The van der Waals surface area contributed by atoms with Crippen molar-refractivity contribution >= 4 is 17.6 Å². The topological polar surface area (TPSA) is 46.5 Å². The highest BCUT2D eigenvalue weighted by Crippen LogP contribution is 2.23. The number of carbonyl (C=O) groups excluding carboxylic acids is 1. The number of rotatable bonds is 4. The molecular weight excluding hydrogens is 235 g/mol. The van der Waals surface area contributed by atoms with E-state index in [2.05, 4.69) is 4.74 Å². The molecule has 0 aliphatic heterocycles. The first-order valence-electron chi connectivity index (χ1n) is 4.74. The van der Waals surface area contributed by atoms with Gasteiger partial charge in [0, 0.05) is 6.42 Å². The fourth-order valence-corrected chi connectivity index (χ4v) is 1.36. The number of ether oxygens (including phenoxy) is 1. The Morgan fingerprint density at radius 2 is 2.31 bits per heavy atom. The summed E-state index contributed by atoms with van der Waals surface area (Å²) in [6.45, 7) is 0. The predicted octanol–water partition coefficient (Wildman–Crippen LogP) is 2.47. The van der Waals surface area contributed by atoms with Crippen LogP contribution in [0.4, 0.5) is 4.39 Å². The molecule has 1 unspecified atom stereocenters. The maximum atomic E-state index is 13.1. The molecule has 0 spiro atoms. The molecule has 1 aromatic rings. The third-order valence-corrected chi connectivity index (χ3v) is 2.48. The third kappa shape index (κ3) is 3.47. The Hall–Kier alpha value is -1.13. The molecule has 0 radical (unpaired) electrons. The molecule has 1 rings (SSSR count). The molecule has 16 heavy (non-hydrogen) atoms. The van der Waals surface area contributed by atoms with Crippen molar-refractivity contribution in [3.63, 3.8) is 0 Å². The maximum absolute atomic E-state index is 13.1. The zero-order chi connectivity index (χ0) is 12.1. The second-order valence-electron chi connectivity index (χ2n) is 3.30. The number of hydrogen-bond donors (Lipinski definition) is 1. The number of aliphatic hydroxyl groups is 1. The van der Waals surface area contributed by atoms with Crippen molar-refractivity contribution in [3.8, 4) is 0 Å². The predicted molar refractivity (Wildman–Crippen MR) is 57.6 cm³/mol. The molecule has 0 heterocycles. The fourth-order valence-electron chi connectivity index (χ4n) is 1.24. The van der Waals surface area contributed by atoms with Crippen LogP contribution in [0.3, 0.4) is 0 Å². The Bertz CT molecular complexity index is 381. The SMILES string of the molecule is COC(=O)CCC(O)c1ccc(Cl)c(F)c1. The molecule has 0 aromatic heterocycles. The van der Waals surface area contributed by atoms with Gasteiger partial charge in [0.2, 0.25) is 0 Å². The van der Waals surface area contributed by atoms with Crippen molar-refractivity contribution in [1.29, 1.82) is 0 Å². The molecule has 0 fully saturated rings. The zero-order valence-electron chi connectivity index (χ0n) is 8.74. The number of aliphatic hydroxyl groups excluding tert-OH is 1. The van der Waals surface area contributed by atoms with E-state index in [1.54, 1.807) is 0 Å². The lowest BCUT2D eigenvalue weighted by molar-refractivity contribution is -0.141. The van der Waals surface area contributed by atoms with E-state index in [-0.39, 0.29) is 17.9 Å². The zero-order valence-corrected chi connectivity index (χ0v) is 9.50. The molecule has 1 atom stereocenters. The minimum Gasteiger partial charge on any atom is -0.469 e. The highest BCUT2D eigenvalue weighted by molar-refractivity contribution is 6.30. The first kappa shape index (κ1) is 12.9. The standard InChI is InChI=1S/C11H12ClFO3/c1-16-11(15)5-4-10(14)7-2-3-8(12)9(13)6-7/h2-3,6,10,14H,4-5H2,1H3. The molecular formula is C11H12ClFO3. The number of esters is 1. The second kappa shape index (κ2) is 5.82. The molecule has 0 bridgehead atoms. The third-order valence-electron chi connectivity index (χ3n) is 2.18. The molecule has 88 valence electrons. The van der Waals surface area contributed by atoms with E-state index in [1.807, 2.05) is 0 Å². The van der Waals surface area contributed by atoms with Gasteiger partial charge < -0.3 is 9.84 Å². The van der Waals surface area contributed by atoms with Gasteiger partial charge in [-0.2, -0.15) is 0 Å². The minimum atomic E-state index is -0.897. The van der Waals surface area contributed by atoms with Gasteiger partial charge in [-0.05, 0) is 24.1 Å². The summed E-state index contributed by atoms with van der Waals surface area (Å²) in [4.78, 5) is 10.8. The summed E-state index contributed by atoms with van der Waals surface area (Å²) < 4.78 is 17.5. The van der Waals surface area contributed by atoms with Crippen LogP contribution in [0, 0.1) is 5.82 Å². The van der Waals surface area contributed by atoms with E-state index < -0.39 is 17.9 Å². The van der Waals surface area contributed by atoms with E-state index in [4.69, 9.17) is 11.6 Å². The van der Waals surface area contributed by atoms with E-state index in [0.717, 1.165) is 6.07 Å². The van der Waals surface area contributed by atoms with Crippen LogP contribution in [0.15, 0.2) is 18.2 Å². The maximum Gasteiger partial charge on any atom is 0.305 e. The van der Waals surface area contributed by atoms with E-state index in [0.29, 0.717) is 5.56 Å². The van der Waals surface area contributed by atoms with E-state index in [1.165, 1.54) is 19.2 Å². The van der Waals surface area contributed by atoms with Gasteiger partial charge in [-0.1, -0.05) is 17.7 Å². The molecule has 0 saturated heterocycles. The average molecular weight is 247 g/mol. The summed E-state index contributed by atoms with van der Waals surface area (Å²) >= 11 is 5.50. The first-order valence-corrected chi connectivity index (χ1v) is 5.12. The number of benzene rings is 1. The number of hydrogen-bond acceptors (Lipinski definition) is 3. The summed E-state index contributed by atoms with van der Waals surface area (Å²) in [5.41, 5.74) is 0.394. The summed E-state index contributed by atoms with van der Waals surface area (Å²) in [6, 6.07) is 4.05. The lowest BCUT2D eigenvalue weighted by Crippen LogP contribution is -2.05. The van der Waals surface area contributed by atoms with Crippen LogP contribution in [0.2, 0.25) is 5.02 Å². The van der Waals surface area contributed by atoms with Crippen LogP contribution in [0.1, 0.15) is 24.5 Å². The van der Waals surface area contributed by atoms with Crippen molar-refractivity contribution in [2.75, 3.05) is 7.11 Å². The second-order valence-corrected chi connectivity index (χ2v) is 3.71. The largest absolute Gasteiger partial charge is 0.469 e. The molecule has 1 N–H and O–H groups in total. The lowest BCUT2D eigenvalue weighted by atomic mass is 10.1. The molecule has 3 nitrogen and oxygen atoms in total. The minimum absolute atomic E-state index is 0.00363. The summed E-state index contributed by atoms with van der Waals surface area (Å²) in [5, 5.41) is 9.67. The Morgan fingerprint density at radius 3 is 2.88 bits per heavy atom. The van der Waals surface area contributed by atoms with E-state index in [9.17, 15) is 14.3 Å². The van der Waals surface area contributed by atoms with Gasteiger partial charge in [0.1, 0.15) is 5.82 Å². The molecule has 0 amide bonds. The average Bonchev–Trinajstić information content (AvgIpc) is 2.29. The lowest BCUT2D eigenvalue weighted by Gasteiger charge is -2.10. The van der Waals surface area contributed by atoms with Gasteiger partial charge in [0.05, 0.1) is 18.2 Å². The fraction of sp³-hybridized carbons (Fsp3) is 0.364. The van der Waals surface area contributed by atoms with Crippen molar-refractivity contribution < 1.29 is 19.0 Å². The molecule has 0 saturated carbocycles.